The highest BCUT2D eigenvalue weighted by Gasteiger charge is 2.54. The van der Waals surface area contributed by atoms with Crippen LogP contribution in [0.1, 0.15) is 6.92 Å². The third kappa shape index (κ3) is 1.99. The predicted molar refractivity (Wildman–Crippen MR) is 75.8 cm³/mol. The summed E-state index contributed by atoms with van der Waals surface area (Å²) in [5.41, 5.74) is 0.927. The third-order valence-electron chi connectivity index (χ3n) is 3.35. The van der Waals surface area contributed by atoms with Crippen molar-refractivity contribution in [2.24, 2.45) is 4.99 Å². The van der Waals surface area contributed by atoms with E-state index in [2.05, 4.69) is 11.6 Å². The van der Waals surface area contributed by atoms with E-state index in [-0.39, 0.29) is 11.9 Å². The molecular weight excluding hydrogens is 258 g/mol. The van der Waals surface area contributed by atoms with Gasteiger partial charge >= 0.3 is 12.0 Å². The summed E-state index contributed by atoms with van der Waals surface area (Å²) < 4.78 is 1.83. The highest BCUT2D eigenvalue weighted by Crippen LogP contribution is 2.23. The molecule has 1 atom stereocenters. The van der Waals surface area contributed by atoms with Crippen LogP contribution in [0.3, 0.4) is 0 Å². The van der Waals surface area contributed by atoms with Crippen LogP contribution in [0.25, 0.3) is 0 Å². The summed E-state index contributed by atoms with van der Waals surface area (Å²) in [4.78, 5) is 33.3. The number of amides is 3. The van der Waals surface area contributed by atoms with Crippen molar-refractivity contribution in [3.05, 3.63) is 12.2 Å². The molecular formula is C13H20N5O2+. The van der Waals surface area contributed by atoms with Crippen molar-refractivity contribution in [3.63, 3.8) is 0 Å². The van der Waals surface area contributed by atoms with Crippen LogP contribution in [0.4, 0.5) is 4.79 Å². The van der Waals surface area contributed by atoms with Crippen LogP contribution in [-0.2, 0) is 4.79 Å². The molecule has 0 aromatic heterocycles. The zero-order valence-electron chi connectivity index (χ0n) is 12.5. The molecule has 2 aliphatic heterocycles. The molecule has 0 bridgehead atoms. The van der Waals surface area contributed by atoms with Crippen LogP contribution < -0.4 is 0 Å². The van der Waals surface area contributed by atoms with Gasteiger partial charge in [0.25, 0.3) is 5.91 Å². The van der Waals surface area contributed by atoms with Crippen molar-refractivity contribution in [2.45, 2.75) is 13.0 Å². The molecule has 0 aliphatic carbocycles. The molecule has 0 radical (unpaired) electrons. The zero-order valence-corrected chi connectivity index (χ0v) is 12.5. The van der Waals surface area contributed by atoms with Gasteiger partial charge in [-0.2, -0.15) is 0 Å². The number of carbonyl (C=O) groups excluding carboxylic acids is 2. The Bertz CT molecular complexity index is 559. The number of urea groups is 1. The summed E-state index contributed by atoms with van der Waals surface area (Å²) in [5.74, 6) is 0.879. The van der Waals surface area contributed by atoms with Gasteiger partial charge in [-0.05, 0) is 12.5 Å². The molecule has 2 aliphatic rings. The first-order chi connectivity index (χ1) is 9.25. The van der Waals surface area contributed by atoms with Gasteiger partial charge in [0.1, 0.15) is 0 Å². The highest BCUT2D eigenvalue weighted by atomic mass is 16.2. The molecule has 3 amide bonds. The second-order valence-corrected chi connectivity index (χ2v) is 5.39. The minimum Gasteiger partial charge on any atom is -0.270 e. The molecule has 1 unspecified atom stereocenters. The normalized spacial score (nSPS) is 22.2. The van der Waals surface area contributed by atoms with Gasteiger partial charge < -0.3 is 0 Å². The lowest BCUT2D eigenvalue weighted by atomic mass is 10.1. The van der Waals surface area contributed by atoms with Crippen LogP contribution in [0.5, 0.6) is 0 Å². The maximum Gasteiger partial charge on any atom is 0.392 e. The smallest absolute Gasteiger partial charge is 0.270 e. The second kappa shape index (κ2) is 4.73. The lowest BCUT2D eigenvalue weighted by Gasteiger charge is -2.33. The Labute approximate surface area is 118 Å². The number of nitrogens with zero attached hydrogens (tertiary/aromatic N) is 5. The van der Waals surface area contributed by atoms with Crippen LogP contribution >= 0.6 is 0 Å². The predicted octanol–water partition coefficient (Wildman–Crippen LogP) is -0.203. The number of amidine groups is 1. The van der Waals surface area contributed by atoms with E-state index in [4.69, 9.17) is 0 Å². The number of likely N-dealkylation sites (N-methyl/N-ethyl adjacent to an activating group) is 2. The summed E-state index contributed by atoms with van der Waals surface area (Å²) in [7, 11) is 6.84. The van der Waals surface area contributed by atoms with Crippen LogP contribution in [0.15, 0.2) is 17.1 Å². The highest BCUT2D eigenvalue weighted by molar-refractivity contribution is 6.25. The van der Waals surface area contributed by atoms with Gasteiger partial charge in [0.2, 0.25) is 11.9 Å². The van der Waals surface area contributed by atoms with Gasteiger partial charge in [-0.1, -0.05) is 11.6 Å². The molecule has 7 nitrogen and oxygen atoms in total. The maximum absolute atomic E-state index is 12.4. The van der Waals surface area contributed by atoms with Crippen molar-refractivity contribution in [2.75, 3.05) is 34.7 Å². The number of hydrogen-bond donors (Lipinski definition) is 0. The van der Waals surface area contributed by atoms with E-state index in [0.717, 1.165) is 10.5 Å². The van der Waals surface area contributed by atoms with Crippen LogP contribution in [0.2, 0.25) is 0 Å². The summed E-state index contributed by atoms with van der Waals surface area (Å²) in [5, 5.41) is 0. The van der Waals surface area contributed by atoms with E-state index in [0.29, 0.717) is 18.3 Å². The largest absolute Gasteiger partial charge is 0.392 e. The Morgan fingerprint density at radius 3 is 2.40 bits per heavy atom. The lowest BCUT2D eigenvalue weighted by Crippen LogP contribution is -2.62. The number of guanidine groups is 1. The maximum atomic E-state index is 12.4. The Balaban J connectivity index is 2.51. The first-order valence-corrected chi connectivity index (χ1v) is 6.34. The summed E-state index contributed by atoms with van der Waals surface area (Å²) in [6, 6.07) is -0.919. The molecule has 0 saturated carbocycles. The van der Waals surface area contributed by atoms with Gasteiger partial charge in [-0.3, -0.25) is 19.2 Å². The van der Waals surface area contributed by atoms with Crippen molar-refractivity contribution in [1.82, 2.24) is 14.7 Å². The molecule has 2 rings (SSSR count). The molecule has 2 heterocycles. The van der Waals surface area contributed by atoms with Gasteiger partial charge in [-0.15, -0.1) is 0 Å². The molecule has 0 spiro atoms. The van der Waals surface area contributed by atoms with Gasteiger partial charge in [-0.25, -0.2) is 9.69 Å². The minimum atomic E-state index is -0.559. The topological polar surface area (TPSA) is 59.2 Å². The van der Waals surface area contributed by atoms with Crippen LogP contribution in [0, 0.1) is 0 Å². The van der Waals surface area contributed by atoms with Gasteiger partial charge in [0, 0.05) is 14.1 Å². The molecule has 1 saturated heterocycles. The van der Waals surface area contributed by atoms with Crippen molar-refractivity contribution < 1.29 is 14.2 Å². The summed E-state index contributed by atoms with van der Waals surface area (Å²) >= 11 is 0. The van der Waals surface area contributed by atoms with Crippen molar-refractivity contribution in [3.8, 4) is 0 Å². The minimum absolute atomic E-state index is 0.259. The quantitative estimate of drug-likeness (QED) is 0.519. The summed E-state index contributed by atoms with van der Waals surface area (Å²) in [6.07, 6.45) is 0. The molecule has 20 heavy (non-hydrogen) atoms. The first-order valence-electron chi connectivity index (χ1n) is 6.34. The third-order valence-corrected chi connectivity index (χ3v) is 3.35. The fourth-order valence-electron chi connectivity index (χ4n) is 2.40. The monoisotopic (exact) mass is 278 g/mol. The van der Waals surface area contributed by atoms with E-state index >= 15 is 0 Å². The molecule has 7 heteroatoms. The fraction of sp³-hybridized carbons (Fsp3) is 0.538. The standard InChI is InChI=1S/C13H20N5O2/c1-8(2)7-18-9-10(14-12(18)15(3)4)16(5)13(20)17(6)11(9)19/h9H,1,7H2,2-6H3/q+1. The Kier molecular flexibility index (Phi) is 3.37. The number of hydrogen-bond acceptors (Lipinski definition) is 2. The SMILES string of the molecule is C=C(C)CN1C(=[N+](C)C)N=C2C1C(=O)N(C)C(=O)N2C. The average Bonchev–Trinajstić information content (AvgIpc) is 2.72. The fourth-order valence-corrected chi connectivity index (χ4v) is 2.40. The molecule has 0 aromatic carbocycles. The Morgan fingerprint density at radius 1 is 1.30 bits per heavy atom. The zero-order chi connectivity index (χ0) is 15.2. The lowest BCUT2D eigenvalue weighted by molar-refractivity contribution is -0.470. The van der Waals surface area contributed by atoms with E-state index in [1.165, 1.54) is 11.9 Å². The molecule has 0 N–H and O–H groups in total. The van der Waals surface area contributed by atoms with E-state index < -0.39 is 6.04 Å². The van der Waals surface area contributed by atoms with Gasteiger partial charge in [0.05, 0.1) is 20.6 Å². The van der Waals surface area contributed by atoms with E-state index in [1.807, 2.05) is 30.5 Å². The molecule has 1 fully saturated rings. The van der Waals surface area contributed by atoms with Crippen molar-refractivity contribution >= 4 is 23.7 Å². The van der Waals surface area contributed by atoms with E-state index in [9.17, 15) is 9.59 Å². The Morgan fingerprint density at radius 2 is 1.90 bits per heavy atom. The van der Waals surface area contributed by atoms with Crippen LogP contribution in [-0.4, -0.2) is 83.8 Å². The number of aliphatic imine (C=N–C) groups is 1. The summed E-state index contributed by atoms with van der Waals surface area (Å²) in [6.45, 7) is 6.32. The number of carbonyl (C=O) groups is 2. The van der Waals surface area contributed by atoms with Crippen molar-refractivity contribution in [1.29, 1.82) is 0 Å². The Hall–Kier alpha value is -2.18. The van der Waals surface area contributed by atoms with Gasteiger partial charge in [0.15, 0.2) is 0 Å². The number of imide groups is 1. The molecule has 108 valence electrons. The van der Waals surface area contributed by atoms with E-state index in [1.54, 1.807) is 7.05 Å². The number of rotatable bonds is 2. The average molecular weight is 278 g/mol. The number of fused-ring (bicyclic) bond motifs is 1. The second-order valence-electron chi connectivity index (χ2n) is 5.39. The molecule has 0 aromatic rings. The first kappa shape index (κ1) is 14.2.